The van der Waals surface area contributed by atoms with Crippen molar-refractivity contribution in [3.05, 3.63) is 39.3 Å². The third-order valence-electron chi connectivity index (χ3n) is 2.99. The number of thioether (sulfide) groups is 1. The highest BCUT2D eigenvalue weighted by Gasteiger charge is 2.27. The molecule has 20 heavy (non-hydrogen) atoms. The van der Waals surface area contributed by atoms with E-state index >= 15 is 0 Å². The summed E-state index contributed by atoms with van der Waals surface area (Å²) < 4.78 is 0. The minimum atomic E-state index is -0.117. The SMILES string of the molecule is O=C(CC1=CSC2=NCCN12)Nc1cc(Cl)ccc1Cl. The van der Waals surface area contributed by atoms with Crippen molar-refractivity contribution in [2.24, 2.45) is 4.99 Å². The number of rotatable bonds is 3. The van der Waals surface area contributed by atoms with Crippen molar-refractivity contribution in [2.75, 3.05) is 18.4 Å². The van der Waals surface area contributed by atoms with Gasteiger partial charge in [-0.3, -0.25) is 9.79 Å². The van der Waals surface area contributed by atoms with Crippen molar-refractivity contribution in [1.29, 1.82) is 0 Å². The van der Waals surface area contributed by atoms with Crippen LogP contribution in [0.4, 0.5) is 5.69 Å². The summed E-state index contributed by atoms with van der Waals surface area (Å²) in [7, 11) is 0. The summed E-state index contributed by atoms with van der Waals surface area (Å²) in [6.45, 7) is 1.64. The van der Waals surface area contributed by atoms with E-state index in [-0.39, 0.29) is 5.91 Å². The number of aliphatic imine (C=N–C) groups is 1. The van der Waals surface area contributed by atoms with Crippen LogP contribution in [-0.2, 0) is 4.79 Å². The molecule has 1 N–H and O–H groups in total. The Morgan fingerprint density at radius 2 is 2.30 bits per heavy atom. The number of anilines is 1. The first-order chi connectivity index (χ1) is 9.63. The number of amidine groups is 1. The molecule has 2 aliphatic rings. The molecule has 0 atom stereocenters. The highest BCUT2D eigenvalue weighted by molar-refractivity contribution is 8.16. The predicted molar refractivity (Wildman–Crippen MR) is 84.4 cm³/mol. The zero-order valence-corrected chi connectivity index (χ0v) is 12.7. The molecule has 0 spiro atoms. The summed E-state index contributed by atoms with van der Waals surface area (Å²) >= 11 is 13.5. The molecule has 4 nitrogen and oxygen atoms in total. The van der Waals surface area contributed by atoms with Gasteiger partial charge in [0.05, 0.1) is 23.7 Å². The van der Waals surface area contributed by atoms with E-state index in [9.17, 15) is 4.79 Å². The predicted octanol–water partition coefficient (Wildman–Crippen LogP) is 3.58. The number of nitrogens with one attached hydrogen (secondary N) is 1. The number of benzene rings is 1. The highest BCUT2D eigenvalue weighted by Crippen LogP contribution is 2.31. The second-order valence-electron chi connectivity index (χ2n) is 4.39. The maximum Gasteiger partial charge on any atom is 0.230 e. The van der Waals surface area contributed by atoms with Gasteiger partial charge in [-0.2, -0.15) is 0 Å². The van der Waals surface area contributed by atoms with Crippen molar-refractivity contribution in [1.82, 2.24) is 4.90 Å². The van der Waals surface area contributed by atoms with Crippen molar-refractivity contribution < 1.29 is 4.79 Å². The molecule has 0 saturated heterocycles. The lowest BCUT2D eigenvalue weighted by Gasteiger charge is -2.16. The van der Waals surface area contributed by atoms with Gasteiger partial charge in [-0.15, -0.1) is 0 Å². The molecule has 7 heteroatoms. The van der Waals surface area contributed by atoms with Gasteiger partial charge in [0.2, 0.25) is 5.91 Å². The van der Waals surface area contributed by atoms with E-state index in [1.165, 1.54) is 0 Å². The van der Waals surface area contributed by atoms with Crippen molar-refractivity contribution in [3.63, 3.8) is 0 Å². The molecule has 0 saturated carbocycles. The first kappa shape index (κ1) is 13.8. The summed E-state index contributed by atoms with van der Waals surface area (Å²) in [4.78, 5) is 18.5. The van der Waals surface area contributed by atoms with Crippen LogP contribution in [0.5, 0.6) is 0 Å². The summed E-state index contributed by atoms with van der Waals surface area (Å²) in [5.41, 5.74) is 1.51. The first-order valence-electron chi connectivity index (χ1n) is 6.06. The Kier molecular flexibility index (Phi) is 3.92. The number of nitrogens with zero attached hydrogens (tertiary/aromatic N) is 2. The molecule has 1 aromatic rings. The lowest BCUT2D eigenvalue weighted by Crippen LogP contribution is -2.24. The van der Waals surface area contributed by atoms with E-state index in [2.05, 4.69) is 15.2 Å². The zero-order chi connectivity index (χ0) is 14.1. The molecule has 2 aliphatic heterocycles. The van der Waals surface area contributed by atoms with Crippen molar-refractivity contribution >= 4 is 51.7 Å². The molecule has 1 aromatic carbocycles. The normalized spacial score (nSPS) is 16.8. The first-order valence-corrected chi connectivity index (χ1v) is 7.69. The summed E-state index contributed by atoms with van der Waals surface area (Å²) in [6.07, 6.45) is 0.300. The van der Waals surface area contributed by atoms with Crippen LogP contribution in [0, 0.1) is 0 Å². The van der Waals surface area contributed by atoms with E-state index in [1.54, 1.807) is 30.0 Å². The Balaban J connectivity index is 1.66. The quantitative estimate of drug-likeness (QED) is 0.922. The maximum absolute atomic E-state index is 12.1. The number of hydrogen-bond acceptors (Lipinski definition) is 4. The number of fused-ring (bicyclic) bond motifs is 1. The van der Waals surface area contributed by atoms with Gasteiger partial charge in [0, 0.05) is 17.3 Å². The van der Waals surface area contributed by atoms with Crippen LogP contribution in [0.1, 0.15) is 6.42 Å². The Hall–Kier alpha value is -1.17. The molecular formula is C13H11Cl2N3OS. The number of amides is 1. The van der Waals surface area contributed by atoms with E-state index in [0.717, 1.165) is 24.0 Å². The molecule has 0 fully saturated rings. The van der Waals surface area contributed by atoms with Crippen LogP contribution in [0.25, 0.3) is 0 Å². The number of halogens is 2. The Morgan fingerprint density at radius 1 is 1.45 bits per heavy atom. The summed E-state index contributed by atoms with van der Waals surface area (Å²) in [5.74, 6) is -0.117. The fraction of sp³-hybridized carbons (Fsp3) is 0.231. The molecule has 0 radical (unpaired) electrons. The van der Waals surface area contributed by atoms with Gasteiger partial charge >= 0.3 is 0 Å². The zero-order valence-electron chi connectivity index (χ0n) is 10.4. The highest BCUT2D eigenvalue weighted by atomic mass is 35.5. The lowest BCUT2D eigenvalue weighted by atomic mass is 10.2. The molecule has 104 valence electrons. The second kappa shape index (κ2) is 5.68. The van der Waals surface area contributed by atoms with Gasteiger partial charge in [0.25, 0.3) is 0 Å². The van der Waals surface area contributed by atoms with Crippen LogP contribution >= 0.6 is 35.0 Å². The fourth-order valence-electron chi connectivity index (χ4n) is 2.07. The van der Waals surface area contributed by atoms with Gasteiger partial charge in [0.15, 0.2) is 5.17 Å². The average molecular weight is 328 g/mol. The summed E-state index contributed by atoms with van der Waals surface area (Å²) in [6, 6.07) is 4.99. The molecule has 2 heterocycles. The van der Waals surface area contributed by atoms with Crippen molar-refractivity contribution in [3.8, 4) is 0 Å². The van der Waals surface area contributed by atoms with Crippen LogP contribution < -0.4 is 5.32 Å². The van der Waals surface area contributed by atoms with E-state index in [0.29, 0.717) is 22.2 Å². The molecule has 1 amide bonds. The van der Waals surface area contributed by atoms with Crippen LogP contribution in [0.15, 0.2) is 34.3 Å². The van der Waals surface area contributed by atoms with Gasteiger partial charge in [-0.25, -0.2) is 0 Å². The third-order valence-corrected chi connectivity index (χ3v) is 4.51. The van der Waals surface area contributed by atoms with Gasteiger partial charge in [0.1, 0.15) is 0 Å². The van der Waals surface area contributed by atoms with Gasteiger partial charge in [-0.05, 0) is 23.6 Å². The van der Waals surface area contributed by atoms with Gasteiger partial charge in [-0.1, -0.05) is 35.0 Å². The fourth-order valence-corrected chi connectivity index (χ4v) is 3.36. The second-order valence-corrected chi connectivity index (χ2v) is 6.07. The average Bonchev–Trinajstić information content (AvgIpc) is 2.99. The van der Waals surface area contributed by atoms with E-state index in [4.69, 9.17) is 23.2 Å². The number of carbonyl (C=O) groups is 1. The monoisotopic (exact) mass is 327 g/mol. The Labute approximate surface area is 130 Å². The van der Waals surface area contributed by atoms with Crippen LogP contribution in [-0.4, -0.2) is 29.1 Å². The number of hydrogen-bond donors (Lipinski definition) is 1. The Morgan fingerprint density at radius 3 is 3.15 bits per heavy atom. The molecular weight excluding hydrogens is 317 g/mol. The molecule has 0 unspecified atom stereocenters. The standard InChI is InChI=1S/C13H11Cl2N3OS/c14-8-1-2-10(15)11(5-8)17-12(19)6-9-7-20-13-16-3-4-18(9)13/h1-2,5,7H,3-4,6H2,(H,17,19). The third kappa shape index (κ3) is 2.80. The molecule has 3 rings (SSSR count). The Bertz CT molecular complexity index is 630. The minimum Gasteiger partial charge on any atom is -0.324 e. The molecule has 0 bridgehead atoms. The summed E-state index contributed by atoms with van der Waals surface area (Å²) in [5, 5.41) is 6.74. The smallest absolute Gasteiger partial charge is 0.230 e. The largest absolute Gasteiger partial charge is 0.324 e. The van der Waals surface area contributed by atoms with Gasteiger partial charge < -0.3 is 10.2 Å². The lowest BCUT2D eigenvalue weighted by molar-refractivity contribution is -0.115. The molecule has 0 aliphatic carbocycles. The van der Waals surface area contributed by atoms with Crippen molar-refractivity contribution in [2.45, 2.75) is 6.42 Å². The topological polar surface area (TPSA) is 44.7 Å². The molecule has 0 aromatic heterocycles. The minimum absolute atomic E-state index is 0.117. The van der Waals surface area contributed by atoms with E-state index in [1.807, 2.05) is 5.41 Å². The van der Waals surface area contributed by atoms with Crippen LogP contribution in [0.3, 0.4) is 0 Å². The maximum atomic E-state index is 12.1. The van der Waals surface area contributed by atoms with Crippen LogP contribution in [0.2, 0.25) is 10.0 Å². The number of carbonyl (C=O) groups excluding carboxylic acids is 1. The van der Waals surface area contributed by atoms with E-state index < -0.39 is 0 Å².